The van der Waals surface area contributed by atoms with Crippen LogP contribution in [-0.2, 0) is 19.5 Å². The molecule has 25 heavy (non-hydrogen) atoms. The average Bonchev–Trinajstić information content (AvgIpc) is 2.65. The standard InChI is InChI=1S/C20H17F2N3/c21-17-6-7-18(22)15(10-17)12-25-9-8-19-16(13-25)11-23-20(24-19)14-4-2-1-3-5-14/h1-7,10-11H,8-9,12-13H2. The molecule has 3 nitrogen and oxygen atoms in total. The van der Waals surface area contributed by atoms with Crippen LogP contribution in [0.15, 0.2) is 54.7 Å². The van der Waals surface area contributed by atoms with Crippen molar-refractivity contribution in [2.75, 3.05) is 6.54 Å². The Balaban J connectivity index is 1.53. The second kappa shape index (κ2) is 6.69. The first-order valence-corrected chi connectivity index (χ1v) is 8.25. The summed E-state index contributed by atoms with van der Waals surface area (Å²) in [6, 6.07) is 13.5. The molecule has 1 aliphatic rings. The van der Waals surface area contributed by atoms with Crippen LogP contribution in [0.2, 0.25) is 0 Å². The largest absolute Gasteiger partial charge is 0.294 e. The van der Waals surface area contributed by atoms with Crippen LogP contribution in [0.5, 0.6) is 0 Å². The maximum absolute atomic E-state index is 13.8. The third kappa shape index (κ3) is 3.42. The molecule has 0 spiro atoms. The molecule has 1 aromatic heterocycles. The van der Waals surface area contributed by atoms with Crippen LogP contribution in [0.3, 0.4) is 0 Å². The van der Waals surface area contributed by atoms with Crippen molar-refractivity contribution in [2.45, 2.75) is 19.5 Å². The van der Waals surface area contributed by atoms with E-state index < -0.39 is 5.82 Å². The van der Waals surface area contributed by atoms with Crippen molar-refractivity contribution < 1.29 is 8.78 Å². The molecule has 1 aliphatic heterocycles. The minimum absolute atomic E-state index is 0.372. The van der Waals surface area contributed by atoms with E-state index in [0.29, 0.717) is 18.7 Å². The number of aromatic nitrogens is 2. The van der Waals surface area contributed by atoms with Crippen LogP contribution in [0, 0.1) is 11.6 Å². The summed E-state index contributed by atoms with van der Waals surface area (Å²) in [6.45, 7) is 1.78. The molecule has 0 saturated carbocycles. The van der Waals surface area contributed by atoms with Gasteiger partial charge in [-0.1, -0.05) is 30.3 Å². The Morgan fingerprint density at radius 3 is 2.72 bits per heavy atom. The smallest absolute Gasteiger partial charge is 0.159 e. The van der Waals surface area contributed by atoms with Crippen molar-refractivity contribution in [1.82, 2.24) is 14.9 Å². The van der Waals surface area contributed by atoms with Gasteiger partial charge in [-0.3, -0.25) is 4.90 Å². The number of rotatable bonds is 3. The van der Waals surface area contributed by atoms with Crippen molar-refractivity contribution in [1.29, 1.82) is 0 Å². The number of benzene rings is 2. The normalized spacial score (nSPS) is 14.3. The van der Waals surface area contributed by atoms with Crippen molar-refractivity contribution in [3.8, 4) is 11.4 Å². The molecule has 0 bridgehead atoms. The fourth-order valence-corrected chi connectivity index (χ4v) is 3.14. The second-order valence-electron chi connectivity index (χ2n) is 6.23. The topological polar surface area (TPSA) is 29.0 Å². The minimum Gasteiger partial charge on any atom is -0.294 e. The van der Waals surface area contributed by atoms with Crippen LogP contribution < -0.4 is 0 Å². The highest BCUT2D eigenvalue weighted by Gasteiger charge is 2.20. The Hall–Kier alpha value is -2.66. The minimum atomic E-state index is -0.412. The van der Waals surface area contributed by atoms with Gasteiger partial charge in [0.25, 0.3) is 0 Å². The summed E-state index contributed by atoms with van der Waals surface area (Å²) in [6.07, 6.45) is 2.62. The van der Waals surface area contributed by atoms with E-state index in [1.165, 1.54) is 12.1 Å². The van der Waals surface area contributed by atoms with Crippen molar-refractivity contribution in [3.05, 3.63) is 83.2 Å². The summed E-state index contributed by atoms with van der Waals surface area (Å²) in [5.74, 6) is -0.0588. The van der Waals surface area contributed by atoms with Crippen LogP contribution >= 0.6 is 0 Å². The lowest BCUT2D eigenvalue weighted by atomic mass is 10.1. The van der Waals surface area contributed by atoms with Gasteiger partial charge in [0.1, 0.15) is 11.6 Å². The van der Waals surface area contributed by atoms with E-state index in [1.54, 1.807) is 0 Å². The molecule has 0 N–H and O–H groups in total. The lowest BCUT2D eigenvalue weighted by Gasteiger charge is -2.28. The molecule has 0 unspecified atom stereocenters. The number of fused-ring (bicyclic) bond motifs is 1. The summed E-state index contributed by atoms with van der Waals surface area (Å²) >= 11 is 0. The number of hydrogen-bond donors (Lipinski definition) is 0. The van der Waals surface area contributed by atoms with Gasteiger partial charge in [0.15, 0.2) is 5.82 Å². The van der Waals surface area contributed by atoms with Gasteiger partial charge in [-0.25, -0.2) is 18.7 Å². The van der Waals surface area contributed by atoms with Gasteiger partial charge >= 0.3 is 0 Å². The third-order valence-corrected chi connectivity index (χ3v) is 4.45. The van der Waals surface area contributed by atoms with E-state index >= 15 is 0 Å². The molecule has 2 heterocycles. The predicted molar refractivity (Wildman–Crippen MR) is 91.6 cm³/mol. The predicted octanol–water partition coefficient (Wildman–Crippen LogP) is 3.98. The first kappa shape index (κ1) is 15.8. The molecule has 0 radical (unpaired) electrons. The quantitative estimate of drug-likeness (QED) is 0.724. The average molecular weight is 337 g/mol. The Morgan fingerprint density at radius 2 is 1.88 bits per heavy atom. The molecule has 0 aliphatic carbocycles. The van der Waals surface area contributed by atoms with E-state index in [-0.39, 0.29) is 5.82 Å². The van der Waals surface area contributed by atoms with Gasteiger partial charge < -0.3 is 0 Å². The maximum Gasteiger partial charge on any atom is 0.159 e. The van der Waals surface area contributed by atoms with E-state index in [9.17, 15) is 8.78 Å². The zero-order valence-corrected chi connectivity index (χ0v) is 13.6. The Kier molecular flexibility index (Phi) is 4.24. The van der Waals surface area contributed by atoms with Crippen LogP contribution in [0.25, 0.3) is 11.4 Å². The summed E-state index contributed by atoms with van der Waals surface area (Å²) in [5.41, 5.74) is 3.45. The van der Waals surface area contributed by atoms with E-state index in [1.807, 2.05) is 36.5 Å². The summed E-state index contributed by atoms with van der Waals surface area (Å²) < 4.78 is 27.2. The van der Waals surface area contributed by atoms with Crippen LogP contribution in [-0.4, -0.2) is 21.4 Å². The fraction of sp³-hybridized carbons (Fsp3) is 0.200. The third-order valence-electron chi connectivity index (χ3n) is 4.45. The van der Waals surface area contributed by atoms with Gasteiger partial charge in [-0.2, -0.15) is 0 Å². The van der Waals surface area contributed by atoms with E-state index in [2.05, 4.69) is 14.9 Å². The number of halogens is 2. The maximum atomic E-state index is 13.8. The molecule has 3 aromatic rings. The van der Waals surface area contributed by atoms with E-state index in [4.69, 9.17) is 0 Å². The zero-order chi connectivity index (χ0) is 17.2. The Bertz CT molecular complexity index is 897. The highest BCUT2D eigenvalue weighted by Crippen LogP contribution is 2.22. The Labute approximate surface area is 145 Å². The summed E-state index contributed by atoms with van der Waals surface area (Å²) in [5, 5.41) is 0. The molecule has 0 fully saturated rings. The second-order valence-corrected chi connectivity index (χ2v) is 6.23. The fourth-order valence-electron chi connectivity index (χ4n) is 3.14. The lowest BCUT2D eigenvalue weighted by Crippen LogP contribution is -2.31. The van der Waals surface area contributed by atoms with Gasteiger partial charge in [-0.15, -0.1) is 0 Å². The van der Waals surface area contributed by atoms with Gasteiger partial charge in [-0.05, 0) is 18.2 Å². The lowest BCUT2D eigenvalue weighted by molar-refractivity contribution is 0.239. The SMILES string of the molecule is Fc1ccc(F)c(CN2CCc3nc(-c4ccccc4)ncc3C2)c1. The summed E-state index contributed by atoms with van der Waals surface area (Å²) in [4.78, 5) is 11.2. The Morgan fingerprint density at radius 1 is 1.04 bits per heavy atom. The van der Waals surface area contributed by atoms with Gasteiger partial charge in [0, 0.05) is 48.9 Å². The van der Waals surface area contributed by atoms with Crippen LogP contribution in [0.4, 0.5) is 8.78 Å². The van der Waals surface area contributed by atoms with Gasteiger partial charge in [0.05, 0.1) is 5.69 Å². The number of nitrogens with zero attached hydrogens (tertiary/aromatic N) is 3. The molecule has 4 rings (SSSR count). The molecule has 126 valence electrons. The van der Waals surface area contributed by atoms with Crippen molar-refractivity contribution >= 4 is 0 Å². The molecule has 0 atom stereocenters. The first-order chi connectivity index (χ1) is 12.2. The summed E-state index contributed by atoms with van der Waals surface area (Å²) in [7, 11) is 0. The molecule has 2 aromatic carbocycles. The molecule has 0 amide bonds. The van der Waals surface area contributed by atoms with E-state index in [0.717, 1.165) is 41.7 Å². The molecular weight excluding hydrogens is 320 g/mol. The monoisotopic (exact) mass is 337 g/mol. The van der Waals surface area contributed by atoms with Crippen LogP contribution in [0.1, 0.15) is 16.8 Å². The zero-order valence-electron chi connectivity index (χ0n) is 13.6. The first-order valence-electron chi connectivity index (χ1n) is 8.25. The van der Waals surface area contributed by atoms with Crippen molar-refractivity contribution in [3.63, 3.8) is 0 Å². The van der Waals surface area contributed by atoms with Crippen molar-refractivity contribution in [2.24, 2.45) is 0 Å². The molecule has 0 saturated heterocycles. The number of hydrogen-bond acceptors (Lipinski definition) is 3. The molecule has 5 heteroatoms. The highest BCUT2D eigenvalue weighted by atomic mass is 19.1. The van der Waals surface area contributed by atoms with Gasteiger partial charge in [0.2, 0.25) is 0 Å². The highest BCUT2D eigenvalue weighted by molar-refractivity contribution is 5.54. The molecular formula is C20H17F2N3.